The number of benzene rings is 1. The Morgan fingerprint density at radius 2 is 2.00 bits per heavy atom. The van der Waals surface area contributed by atoms with Crippen LogP contribution in [0.1, 0.15) is 34.7 Å². The highest BCUT2D eigenvalue weighted by atomic mass is 35.5. The fraction of sp³-hybridized carbons (Fsp3) is 0.500. The smallest absolute Gasteiger partial charge is 0.250 e. The Morgan fingerprint density at radius 1 is 1.32 bits per heavy atom. The molecule has 19 heavy (non-hydrogen) atoms. The van der Waals surface area contributed by atoms with E-state index < -0.39 is 5.91 Å². The average Bonchev–Trinajstić information content (AvgIpc) is 2.39. The lowest BCUT2D eigenvalue weighted by atomic mass is 9.73. The first-order valence-electron chi connectivity index (χ1n) is 6.67. The van der Waals surface area contributed by atoms with E-state index in [4.69, 9.17) is 23.1 Å². The summed E-state index contributed by atoms with van der Waals surface area (Å²) >= 11 is 6.14. The number of fused-ring (bicyclic) bond motifs is 3. The predicted molar refractivity (Wildman–Crippen MR) is 75.0 cm³/mol. The summed E-state index contributed by atoms with van der Waals surface area (Å²) in [5, 5.41) is 0.425. The largest absolute Gasteiger partial charge is 0.366 e. The molecule has 0 aliphatic carbocycles. The third-order valence-corrected chi connectivity index (χ3v) is 4.83. The van der Waals surface area contributed by atoms with Crippen LogP contribution in [0.5, 0.6) is 0 Å². The summed E-state index contributed by atoms with van der Waals surface area (Å²) in [7, 11) is 0. The van der Waals surface area contributed by atoms with Crippen LogP contribution in [0.15, 0.2) is 18.2 Å². The van der Waals surface area contributed by atoms with Crippen molar-refractivity contribution in [3.05, 3.63) is 34.3 Å². The first-order valence-corrected chi connectivity index (χ1v) is 7.04. The molecule has 3 aliphatic heterocycles. The van der Waals surface area contributed by atoms with E-state index in [1.165, 1.54) is 12.8 Å². The molecule has 0 radical (unpaired) electrons. The number of amides is 1. The van der Waals surface area contributed by atoms with Crippen molar-refractivity contribution in [1.29, 1.82) is 0 Å². The minimum Gasteiger partial charge on any atom is -0.366 e. The Labute approximate surface area is 117 Å². The van der Waals surface area contributed by atoms with Crippen LogP contribution in [0, 0.1) is 5.92 Å². The number of primary amides is 1. The number of carbonyl (C=O) groups is 1. The number of carbonyl (C=O) groups excluding carboxylic acids is 1. The minimum absolute atomic E-state index is 0.0583. The number of hydrogen-bond donors (Lipinski definition) is 2. The van der Waals surface area contributed by atoms with Crippen LogP contribution in [-0.2, 0) is 0 Å². The second-order valence-corrected chi connectivity index (χ2v) is 5.90. The molecule has 1 aromatic carbocycles. The third-order valence-electron chi connectivity index (χ3n) is 4.52. The Kier molecular flexibility index (Phi) is 3.25. The topological polar surface area (TPSA) is 72.4 Å². The Bertz CT molecular complexity index is 509. The van der Waals surface area contributed by atoms with Gasteiger partial charge in [-0.25, -0.2) is 0 Å². The maximum atomic E-state index is 11.2. The fourth-order valence-electron chi connectivity index (χ4n) is 3.49. The number of hydrogen-bond acceptors (Lipinski definition) is 3. The zero-order valence-electron chi connectivity index (χ0n) is 10.7. The summed E-state index contributed by atoms with van der Waals surface area (Å²) in [6.07, 6.45) is 2.43. The minimum atomic E-state index is -0.491. The lowest BCUT2D eigenvalue weighted by Crippen LogP contribution is -2.57. The van der Waals surface area contributed by atoms with Gasteiger partial charge >= 0.3 is 0 Å². The van der Waals surface area contributed by atoms with Gasteiger partial charge in [-0.15, -0.1) is 0 Å². The molecule has 4 nitrogen and oxygen atoms in total. The van der Waals surface area contributed by atoms with Crippen LogP contribution >= 0.6 is 11.6 Å². The molecule has 102 valence electrons. The molecule has 1 aromatic rings. The van der Waals surface area contributed by atoms with Crippen molar-refractivity contribution in [3.63, 3.8) is 0 Å². The van der Waals surface area contributed by atoms with Gasteiger partial charge in [0, 0.05) is 5.92 Å². The summed E-state index contributed by atoms with van der Waals surface area (Å²) < 4.78 is 0. The average molecular weight is 280 g/mol. The van der Waals surface area contributed by atoms with Gasteiger partial charge in [0.1, 0.15) is 0 Å². The highest BCUT2D eigenvalue weighted by molar-refractivity contribution is 6.33. The van der Waals surface area contributed by atoms with Crippen molar-refractivity contribution in [2.45, 2.75) is 24.9 Å². The van der Waals surface area contributed by atoms with E-state index in [-0.39, 0.29) is 6.17 Å². The molecule has 3 aliphatic rings. The van der Waals surface area contributed by atoms with Crippen molar-refractivity contribution >= 4 is 17.5 Å². The van der Waals surface area contributed by atoms with E-state index in [0.717, 1.165) is 18.7 Å². The monoisotopic (exact) mass is 279 g/mol. The third kappa shape index (κ3) is 2.14. The molecule has 0 saturated carbocycles. The second-order valence-electron chi connectivity index (χ2n) is 5.49. The predicted octanol–water partition coefficient (Wildman–Crippen LogP) is 1.53. The van der Waals surface area contributed by atoms with Gasteiger partial charge in [0.2, 0.25) is 5.91 Å². The van der Waals surface area contributed by atoms with Crippen molar-refractivity contribution in [1.82, 2.24) is 4.90 Å². The lowest BCUT2D eigenvalue weighted by Gasteiger charge is -2.49. The van der Waals surface area contributed by atoms with Crippen molar-refractivity contribution in [2.24, 2.45) is 17.4 Å². The molecule has 3 fully saturated rings. The second kappa shape index (κ2) is 4.78. The van der Waals surface area contributed by atoms with Crippen LogP contribution in [0.4, 0.5) is 0 Å². The quantitative estimate of drug-likeness (QED) is 0.862. The molecular formula is C14H18ClN3O. The first kappa shape index (κ1) is 12.9. The van der Waals surface area contributed by atoms with Gasteiger partial charge in [-0.1, -0.05) is 17.7 Å². The molecule has 0 aromatic heterocycles. The van der Waals surface area contributed by atoms with E-state index in [1.54, 1.807) is 6.07 Å². The van der Waals surface area contributed by atoms with Crippen molar-refractivity contribution in [3.8, 4) is 0 Å². The maximum absolute atomic E-state index is 11.2. The molecular weight excluding hydrogens is 262 g/mol. The van der Waals surface area contributed by atoms with Gasteiger partial charge < -0.3 is 11.5 Å². The molecule has 2 atom stereocenters. The van der Waals surface area contributed by atoms with Crippen molar-refractivity contribution in [2.75, 3.05) is 13.1 Å². The number of nitrogens with two attached hydrogens (primary N) is 2. The molecule has 3 saturated heterocycles. The molecule has 5 heteroatoms. The van der Waals surface area contributed by atoms with Crippen LogP contribution in [0.3, 0.4) is 0 Å². The molecule has 1 amide bonds. The molecule has 2 bridgehead atoms. The van der Waals surface area contributed by atoms with E-state index >= 15 is 0 Å². The van der Waals surface area contributed by atoms with E-state index in [1.807, 2.05) is 12.1 Å². The van der Waals surface area contributed by atoms with Crippen LogP contribution in [0.25, 0.3) is 0 Å². The molecule has 0 spiro atoms. The Hall–Kier alpha value is -1.10. The van der Waals surface area contributed by atoms with Gasteiger partial charge in [-0.05, 0) is 49.5 Å². The molecule has 4 N–H and O–H groups in total. The normalized spacial score (nSPS) is 33.4. The Morgan fingerprint density at radius 3 is 2.53 bits per heavy atom. The van der Waals surface area contributed by atoms with E-state index in [9.17, 15) is 4.79 Å². The van der Waals surface area contributed by atoms with Gasteiger partial charge in [-0.2, -0.15) is 0 Å². The summed E-state index contributed by atoms with van der Waals surface area (Å²) in [6, 6.07) is 5.51. The fourth-order valence-corrected chi connectivity index (χ4v) is 3.77. The molecule has 2 unspecified atom stereocenters. The first-order chi connectivity index (χ1) is 9.08. The van der Waals surface area contributed by atoms with Crippen molar-refractivity contribution < 1.29 is 4.79 Å². The summed E-state index contributed by atoms with van der Waals surface area (Å²) in [4.78, 5) is 13.5. The SMILES string of the molecule is NC(=O)c1ccc(C2C3CCN(CC3)C2N)cc1Cl. The van der Waals surface area contributed by atoms with Crippen LogP contribution in [0.2, 0.25) is 5.02 Å². The zero-order valence-corrected chi connectivity index (χ0v) is 11.4. The number of rotatable bonds is 2. The zero-order chi connectivity index (χ0) is 13.6. The lowest BCUT2D eigenvalue weighted by molar-refractivity contribution is 0.0288. The number of nitrogens with zero attached hydrogens (tertiary/aromatic N) is 1. The van der Waals surface area contributed by atoms with Gasteiger partial charge in [0.25, 0.3) is 0 Å². The van der Waals surface area contributed by atoms with Crippen LogP contribution in [-0.4, -0.2) is 30.1 Å². The number of piperidine rings is 3. The summed E-state index contributed by atoms with van der Waals surface area (Å²) in [6.45, 7) is 2.19. The van der Waals surface area contributed by atoms with Crippen LogP contribution < -0.4 is 11.5 Å². The Balaban J connectivity index is 1.94. The summed E-state index contributed by atoms with van der Waals surface area (Å²) in [5.41, 5.74) is 13.1. The van der Waals surface area contributed by atoms with Gasteiger partial charge in [0.15, 0.2) is 0 Å². The van der Waals surface area contributed by atoms with Gasteiger partial charge in [0.05, 0.1) is 16.8 Å². The number of halogens is 1. The maximum Gasteiger partial charge on any atom is 0.250 e. The van der Waals surface area contributed by atoms with E-state index in [2.05, 4.69) is 4.90 Å². The summed E-state index contributed by atoms with van der Waals surface area (Å²) in [5.74, 6) is 0.437. The highest BCUT2D eigenvalue weighted by Gasteiger charge is 2.41. The molecule has 4 rings (SSSR count). The standard InChI is InChI=1S/C14H18ClN3O/c15-11-7-9(1-2-10(11)14(17)19)12-8-3-5-18(6-4-8)13(12)16/h1-2,7-8,12-13H,3-6,16H2,(H2,17,19). The van der Waals surface area contributed by atoms with Gasteiger partial charge in [-0.3, -0.25) is 9.69 Å². The highest BCUT2D eigenvalue weighted by Crippen LogP contribution is 2.42. The molecule has 3 heterocycles. The van der Waals surface area contributed by atoms with E-state index in [0.29, 0.717) is 22.4 Å².